The lowest BCUT2D eigenvalue weighted by Crippen LogP contribution is -2.53. The van der Waals surface area contributed by atoms with Gasteiger partial charge in [0.15, 0.2) is 0 Å². The minimum Gasteiger partial charge on any atom is -0.548 e. The van der Waals surface area contributed by atoms with Crippen LogP contribution in [0.5, 0.6) is 0 Å². The first-order valence-electron chi connectivity index (χ1n) is 5.27. The molecule has 1 aliphatic heterocycles. The highest BCUT2D eigenvalue weighted by Crippen LogP contribution is 2.14. The second-order valence-electron chi connectivity index (χ2n) is 4.78. The van der Waals surface area contributed by atoms with Gasteiger partial charge in [-0.3, -0.25) is 5.43 Å². The fourth-order valence-corrected chi connectivity index (χ4v) is 1.56. The number of ether oxygens (including phenoxy) is 1. The van der Waals surface area contributed by atoms with Crippen molar-refractivity contribution in [3.05, 3.63) is 0 Å². The number of nitrogens with zero attached hydrogens (tertiary/aromatic N) is 1. The molecule has 16 heavy (non-hydrogen) atoms. The van der Waals surface area contributed by atoms with Crippen LogP contribution in [-0.2, 0) is 9.53 Å². The van der Waals surface area contributed by atoms with E-state index in [1.54, 1.807) is 20.8 Å². The third-order valence-corrected chi connectivity index (χ3v) is 2.16. The molecule has 1 heterocycles. The predicted octanol–water partition coefficient (Wildman–Crippen LogP) is -0.360. The van der Waals surface area contributed by atoms with Crippen LogP contribution in [0.25, 0.3) is 0 Å². The number of carbonyl (C=O) groups excluding carboxylic acids is 2. The zero-order chi connectivity index (χ0) is 12.3. The quantitative estimate of drug-likeness (QED) is 0.699. The fourth-order valence-electron chi connectivity index (χ4n) is 1.56. The number of amides is 1. The molecule has 0 unspecified atom stereocenters. The zero-order valence-electron chi connectivity index (χ0n) is 9.78. The third-order valence-electron chi connectivity index (χ3n) is 2.16. The Hall–Kier alpha value is -1.30. The normalized spacial score (nSPS) is 21.8. The van der Waals surface area contributed by atoms with Crippen molar-refractivity contribution in [2.75, 3.05) is 6.54 Å². The summed E-state index contributed by atoms with van der Waals surface area (Å²) in [6.45, 7) is 5.73. The molecule has 0 aromatic rings. The van der Waals surface area contributed by atoms with Crippen molar-refractivity contribution in [2.24, 2.45) is 0 Å². The van der Waals surface area contributed by atoms with Gasteiger partial charge in [-0.2, -0.15) is 0 Å². The Labute approximate surface area is 94.5 Å². The minimum absolute atomic E-state index is 0.484. The van der Waals surface area contributed by atoms with E-state index in [0.717, 1.165) is 0 Å². The van der Waals surface area contributed by atoms with Gasteiger partial charge >= 0.3 is 6.09 Å². The molecular formula is C10H17N2O4-. The lowest BCUT2D eigenvalue weighted by molar-refractivity contribution is -0.311. The van der Waals surface area contributed by atoms with E-state index in [0.29, 0.717) is 19.4 Å². The van der Waals surface area contributed by atoms with Crippen LogP contribution in [0.15, 0.2) is 0 Å². The number of hydrogen-bond acceptors (Lipinski definition) is 5. The number of carboxylic acid groups (broad SMARTS) is 1. The topological polar surface area (TPSA) is 81.7 Å². The average Bonchev–Trinajstić information content (AvgIpc) is 2.47. The molecule has 1 aliphatic rings. The number of hydrazine groups is 1. The maximum absolute atomic E-state index is 11.4. The van der Waals surface area contributed by atoms with Gasteiger partial charge in [0.25, 0.3) is 0 Å². The Morgan fingerprint density at radius 3 is 2.56 bits per heavy atom. The van der Waals surface area contributed by atoms with E-state index in [2.05, 4.69) is 5.43 Å². The van der Waals surface area contributed by atoms with E-state index >= 15 is 0 Å². The summed E-state index contributed by atoms with van der Waals surface area (Å²) in [7, 11) is 0. The fraction of sp³-hybridized carbons (Fsp3) is 0.800. The van der Waals surface area contributed by atoms with E-state index in [1.165, 1.54) is 5.01 Å². The first-order chi connectivity index (χ1) is 7.29. The maximum Gasteiger partial charge on any atom is 0.422 e. The van der Waals surface area contributed by atoms with E-state index < -0.39 is 23.7 Å². The van der Waals surface area contributed by atoms with Crippen LogP contribution in [0.3, 0.4) is 0 Å². The first-order valence-corrected chi connectivity index (χ1v) is 5.27. The molecule has 0 aromatic carbocycles. The molecule has 1 saturated heterocycles. The molecule has 0 aliphatic carbocycles. The molecule has 0 radical (unpaired) electrons. The van der Waals surface area contributed by atoms with Gasteiger partial charge in [-0.25, -0.2) is 9.80 Å². The van der Waals surface area contributed by atoms with Crippen LogP contribution < -0.4 is 10.5 Å². The summed E-state index contributed by atoms with van der Waals surface area (Å²) in [5.74, 6) is -1.17. The van der Waals surface area contributed by atoms with Gasteiger partial charge in [0.1, 0.15) is 5.60 Å². The maximum atomic E-state index is 11.4. The van der Waals surface area contributed by atoms with Gasteiger partial charge in [0.05, 0.1) is 12.0 Å². The number of aliphatic carboxylic acids is 1. The van der Waals surface area contributed by atoms with Gasteiger partial charge in [-0.15, -0.1) is 0 Å². The first kappa shape index (κ1) is 12.8. The van der Waals surface area contributed by atoms with Crippen LogP contribution >= 0.6 is 0 Å². The monoisotopic (exact) mass is 229 g/mol. The van der Waals surface area contributed by atoms with Gasteiger partial charge in [0, 0.05) is 6.54 Å². The SMILES string of the molecule is CC(C)(C)OC(=O)NN1CCC[C@H]1C(=O)[O-]. The predicted molar refractivity (Wildman–Crippen MR) is 54.1 cm³/mol. The van der Waals surface area contributed by atoms with Gasteiger partial charge in [-0.05, 0) is 33.6 Å². The molecule has 6 nitrogen and oxygen atoms in total. The second kappa shape index (κ2) is 4.69. The minimum atomic E-state index is -1.17. The van der Waals surface area contributed by atoms with E-state index in [4.69, 9.17) is 4.74 Å². The molecule has 1 atom stereocenters. The Morgan fingerprint density at radius 1 is 1.44 bits per heavy atom. The Balaban J connectivity index is 2.47. The standard InChI is InChI=1S/C10H18N2O4/c1-10(2,3)16-9(15)11-12-6-4-5-7(12)8(13)14/h7H,4-6H2,1-3H3,(H,11,15)(H,13,14)/p-1/t7-/m0/s1. The van der Waals surface area contributed by atoms with Crippen molar-refractivity contribution >= 4 is 12.1 Å². The lowest BCUT2D eigenvalue weighted by Gasteiger charge is -2.27. The summed E-state index contributed by atoms with van der Waals surface area (Å²) < 4.78 is 5.02. The Bertz CT molecular complexity index is 285. The number of carboxylic acids is 1. The number of rotatable bonds is 2. The Kier molecular flexibility index (Phi) is 3.74. The van der Waals surface area contributed by atoms with E-state index in [9.17, 15) is 14.7 Å². The summed E-state index contributed by atoms with van der Waals surface area (Å²) in [4.78, 5) is 22.1. The largest absolute Gasteiger partial charge is 0.548 e. The molecule has 92 valence electrons. The van der Waals surface area contributed by atoms with Crippen molar-refractivity contribution in [1.82, 2.24) is 10.4 Å². The Morgan fingerprint density at radius 2 is 2.06 bits per heavy atom. The molecular weight excluding hydrogens is 212 g/mol. The molecule has 1 amide bonds. The van der Waals surface area contributed by atoms with Crippen molar-refractivity contribution in [2.45, 2.75) is 45.3 Å². The van der Waals surface area contributed by atoms with Crippen molar-refractivity contribution in [3.63, 3.8) is 0 Å². The highest BCUT2D eigenvalue weighted by Gasteiger charge is 2.28. The van der Waals surface area contributed by atoms with Gasteiger partial charge in [-0.1, -0.05) is 0 Å². The van der Waals surface area contributed by atoms with Crippen LogP contribution in [0.4, 0.5) is 4.79 Å². The molecule has 1 fully saturated rings. The highest BCUT2D eigenvalue weighted by atomic mass is 16.6. The lowest BCUT2D eigenvalue weighted by atomic mass is 10.2. The number of nitrogens with one attached hydrogen (secondary N) is 1. The average molecular weight is 229 g/mol. The molecule has 0 saturated carbocycles. The summed E-state index contributed by atoms with van der Waals surface area (Å²) in [5, 5.41) is 12.1. The van der Waals surface area contributed by atoms with Crippen LogP contribution in [-0.4, -0.2) is 35.3 Å². The molecule has 1 N–H and O–H groups in total. The van der Waals surface area contributed by atoms with Crippen LogP contribution in [0, 0.1) is 0 Å². The number of carbonyl (C=O) groups is 2. The van der Waals surface area contributed by atoms with Gasteiger partial charge in [0.2, 0.25) is 0 Å². The van der Waals surface area contributed by atoms with E-state index in [-0.39, 0.29) is 0 Å². The van der Waals surface area contributed by atoms with Crippen molar-refractivity contribution < 1.29 is 19.4 Å². The molecule has 0 spiro atoms. The smallest absolute Gasteiger partial charge is 0.422 e. The highest BCUT2D eigenvalue weighted by molar-refractivity contribution is 5.73. The van der Waals surface area contributed by atoms with E-state index in [1.807, 2.05) is 0 Å². The molecule has 0 aromatic heterocycles. The van der Waals surface area contributed by atoms with Crippen molar-refractivity contribution in [3.8, 4) is 0 Å². The van der Waals surface area contributed by atoms with Crippen LogP contribution in [0.1, 0.15) is 33.6 Å². The van der Waals surface area contributed by atoms with Crippen LogP contribution in [0.2, 0.25) is 0 Å². The summed E-state index contributed by atoms with van der Waals surface area (Å²) >= 11 is 0. The second-order valence-corrected chi connectivity index (χ2v) is 4.78. The third kappa shape index (κ3) is 3.69. The number of hydrogen-bond donors (Lipinski definition) is 1. The molecule has 6 heteroatoms. The molecule has 0 bridgehead atoms. The van der Waals surface area contributed by atoms with Crippen molar-refractivity contribution in [1.29, 1.82) is 0 Å². The summed E-state index contributed by atoms with van der Waals surface area (Å²) in [6.07, 6.45) is 0.563. The zero-order valence-corrected chi connectivity index (χ0v) is 9.78. The van der Waals surface area contributed by atoms with Gasteiger partial charge < -0.3 is 14.6 Å². The summed E-state index contributed by atoms with van der Waals surface area (Å²) in [5.41, 5.74) is 1.82. The summed E-state index contributed by atoms with van der Waals surface area (Å²) in [6, 6.07) is -0.757. The molecule has 1 rings (SSSR count).